The van der Waals surface area contributed by atoms with Crippen molar-refractivity contribution in [2.75, 3.05) is 11.5 Å². The molecule has 0 atom stereocenters. The van der Waals surface area contributed by atoms with Crippen LogP contribution >= 0.6 is 10.6 Å². The van der Waals surface area contributed by atoms with Crippen molar-refractivity contribution in [2.24, 2.45) is 0 Å². The molecule has 8 heteroatoms. The minimum absolute atomic E-state index is 0.140. The number of benzene rings is 1. The second kappa shape index (κ2) is 7.83. The summed E-state index contributed by atoms with van der Waals surface area (Å²) in [6.45, 7) is 0. The molecule has 1 aliphatic rings. The third kappa shape index (κ3) is 4.14. The number of halogens is 1. The predicted molar refractivity (Wildman–Crippen MR) is 107 cm³/mol. The number of hydrogen-bond donors (Lipinski definition) is 2. The van der Waals surface area contributed by atoms with Crippen LogP contribution in [0, 0.1) is 5.82 Å². The van der Waals surface area contributed by atoms with Crippen molar-refractivity contribution in [1.82, 2.24) is 15.0 Å². The zero-order chi connectivity index (χ0) is 19.6. The van der Waals surface area contributed by atoms with Gasteiger partial charge in [-0.3, -0.25) is 9.11 Å². The molecule has 1 aromatic carbocycles. The summed E-state index contributed by atoms with van der Waals surface area (Å²) in [4.78, 5) is 12.2. The molecular weight excluding hydrogens is 381 g/mol. The molecule has 6 nitrogen and oxygen atoms in total. The number of pyridine rings is 1. The average Bonchev–Trinajstić information content (AvgIpc) is 2.70. The van der Waals surface area contributed by atoms with Crippen molar-refractivity contribution < 1.29 is 18.2 Å². The Hall–Kier alpha value is -2.55. The van der Waals surface area contributed by atoms with Gasteiger partial charge < -0.3 is 4.74 Å². The molecule has 2 N–H and O–H groups in total. The lowest BCUT2D eigenvalue weighted by Crippen LogP contribution is -2.29. The van der Waals surface area contributed by atoms with E-state index in [9.17, 15) is 13.5 Å². The van der Waals surface area contributed by atoms with E-state index in [1.165, 1.54) is 12.4 Å². The van der Waals surface area contributed by atoms with Crippen molar-refractivity contribution in [3.05, 3.63) is 61.1 Å². The summed E-state index contributed by atoms with van der Waals surface area (Å²) in [6, 6.07) is 8.56. The van der Waals surface area contributed by atoms with Crippen LogP contribution in [-0.4, -0.2) is 41.7 Å². The molecule has 3 aromatic rings. The maximum absolute atomic E-state index is 14.7. The van der Waals surface area contributed by atoms with Crippen LogP contribution in [0.15, 0.2) is 55.2 Å². The van der Waals surface area contributed by atoms with E-state index in [4.69, 9.17) is 4.74 Å². The van der Waals surface area contributed by atoms with E-state index in [0.29, 0.717) is 52.5 Å². The summed E-state index contributed by atoms with van der Waals surface area (Å²) in [5.74, 6) is 0.708. The van der Waals surface area contributed by atoms with Crippen molar-refractivity contribution in [2.45, 2.75) is 18.9 Å². The summed E-state index contributed by atoms with van der Waals surface area (Å²) >= 11 is 0. The second-order valence-corrected chi connectivity index (χ2v) is 9.13. The predicted octanol–water partition coefficient (Wildman–Crippen LogP) is 4.64. The number of nitrogens with zero attached hydrogens (tertiary/aromatic N) is 3. The number of rotatable bonds is 4. The minimum Gasteiger partial charge on any atom is -0.474 e. The maximum atomic E-state index is 14.7. The fourth-order valence-electron chi connectivity index (χ4n) is 3.22. The van der Waals surface area contributed by atoms with Crippen molar-refractivity contribution in [3.63, 3.8) is 0 Å². The monoisotopic (exact) mass is 401 g/mol. The first-order valence-electron chi connectivity index (χ1n) is 8.92. The van der Waals surface area contributed by atoms with Gasteiger partial charge in [0.1, 0.15) is 18.2 Å². The van der Waals surface area contributed by atoms with E-state index in [-0.39, 0.29) is 11.9 Å². The lowest BCUT2D eigenvalue weighted by molar-refractivity contribution is 0.180. The highest BCUT2D eigenvalue weighted by molar-refractivity contribution is 8.24. The number of hydrogen-bond acceptors (Lipinski definition) is 6. The van der Waals surface area contributed by atoms with Gasteiger partial charge in [0.15, 0.2) is 0 Å². The van der Waals surface area contributed by atoms with Gasteiger partial charge in [0.25, 0.3) is 0 Å². The lowest BCUT2D eigenvalue weighted by atomic mass is 10.0. The Morgan fingerprint density at radius 3 is 2.46 bits per heavy atom. The van der Waals surface area contributed by atoms with Crippen LogP contribution in [0.5, 0.6) is 5.88 Å². The van der Waals surface area contributed by atoms with Crippen molar-refractivity contribution >= 4 is 10.6 Å². The molecule has 2 aromatic heterocycles. The molecule has 146 valence electrons. The quantitative estimate of drug-likeness (QED) is 0.662. The van der Waals surface area contributed by atoms with Gasteiger partial charge in [0, 0.05) is 59.6 Å². The van der Waals surface area contributed by atoms with Gasteiger partial charge in [-0.25, -0.2) is 19.3 Å². The molecule has 0 radical (unpaired) electrons. The van der Waals surface area contributed by atoms with Crippen LogP contribution in [0.25, 0.3) is 22.3 Å². The highest BCUT2D eigenvalue weighted by atomic mass is 32.3. The smallest absolute Gasteiger partial charge is 0.221 e. The molecule has 1 saturated heterocycles. The fourth-order valence-corrected chi connectivity index (χ4v) is 4.71. The van der Waals surface area contributed by atoms with Crippen LogP contribution in [0.4, 0.5) is 4.39 Å². The Balaban J connectivity index is 1.59. The van der Waals surface area contributed by atoms with E-state index in [2.05, 4.69) is 15.0 Å². The molecule has 3 heterocycles. The van der Waals surface area contributed by atoms with Gasteiger partial charge in [0.2, 0.25) is 5.88 Å². The van der Waals surface area contributed by atoms with Crippen LogP contribution < -0.4 is 4.74 Å². The third-order valence-corrected chi connectivity index (χ3v) is 6.51. The molecule has 0 bridgehead atoms. The van der Waals surface area contributed by atoms with Crippen LogP contribution in [0.2, 0.25) is 0 Å². The van der Waals surface area contributed by atoms with Gasteiger partial charge in [0.05, 0.1) is 0 Å². The van der Waals surface area contributed by atoms with E-state index in [1.807, 2.05) is 12.1 Å². The summed E-state index contributed by atoms with van der Waals surface area (Å²) in [7, 11) is -2.47. The van der Waals surface area contributed by atoms with E-state index in [0.717, 1.165) is 0 Å². The number of aromatic nitrogens is 3. The zero-order valence-corrected chi connectivity index (χ0v) is 15.8. The van der Waals surface area contributed by atoms with Gasteiger partial charge in [-0.15, -0.1) is 0 Å². The van der Waals surface area contributed by atoms with E-state index in [1.54, 1.807) is 30.7 Å². The Labute approximate surface area is 163 Å². The topological polar surface area (TPSA) is 88.4 Å². The van der Waals surface area contributed by atoms with Crippen molar-refractivity contribution in [1.29, 1.82) is 0 Å². The number of ether oxygens (including phenoxy) is 1. The standard InChI is InChI=1S/C20H20FN3O3S/c21-19-10-14(3-4-17(19)15-11-22-13-23-12-15)18-2-1-7-24-20(18)27-16-5-8-28(25,26)9-6-16/h1-4,7,10-13,16,25-26H,5-6,8-9H2. The Morgan fingerprint density at radius 1 is 1.00 bits per heavy atom. The van der Waals surface area contributed by atoms with Crippen LogP contribution in [0.3, 0.4) is 0 Å². The summed E-state index contributed by atoms with van der Waals surface area (Å²) in [5.41, 5.74) is 2.37. The van der Waals surface area contributed by atoms with Crippen molar-refractivity contribution in [3.8, 4) is 28.1 Å². The molecule has 4 rings (SSSR count). The highest BCUT2D eigenvalue weighted by Gasteiger charge is 2.26. The SMILES string of the molecule is OS1(O)CCC(Oc2ncccc2-c2ccc(-c3cncnc3)c(F)c2)CC1. The Kier molecular flexibility index (Phi) is 5.25. The average molecular weight is 401 g/mol. The summed E-state index contributed by atoms with van der Waals surface area (Å²) in [6.07, 6.45) is 7.13. The van der Waals surface area contributed by atoms with Gasteiger partial charge >= 0.3 is 0 Å². The molecule has 1 aliphatic heterocycles. The Bertz CT molecular complexity index is 962. The van der Waals surface area contributed by atoms with E-state index >= 15 is 0 Å². The fraction of sp³-hybridized carbons (Fsp3) is 0.250. The minimum atomic E-state index is -2.47. The first kappa shape index (κ1) is 18.8. The molecule has 0 amide bonds. The molecule has 1 fully saturated rings. The zero-order valence-electron chi connectivity index (χ0n) is 15.0. The largest absolute Gasteiger partial charge is 0.474 e. The second-order valence-electron chi connectivity index (χ2n) is 6.71. The molecule has 0 spiro atoms. The summed E-state index contributed by atoms with van der Waals surface area (Å²) in [5, 5.41) is 0. The van der Waals surface area contributed by atoms with E-state index < -0.39 is 10.6 Å². The first-order valence-corrected chi connectivity index (χ1v) is 10.8. The van der Waals surface area contributed by atoms with Crippen LogP contribution in [-0.2, 0) is 0 Å². The molecule has 28 heavy (non-hydrogen) atoms. The Morgan fingerprint density at radius 2 is 1.75 bits per heavy atom. The molecular formula is C20H20FN3O3S. The van der Waals surface area contributed by atoms with Gasteiger partial charge in [-0.05, 0) is 23.8 Å². The van der Waals surface area contributed by atoms with Gasteiger partial charge in [-0.2, -0.15) is 10.6 Å². The van der Waals surface area contributed by atoms with Gasteiger partial charge in [-0.1, -0.05) is 12.1 Å². The summed E-state index contributed by atoms with van der Waals surface area (Å²) < 4.78 is 40.3. The molecule has 0 unspecified atom stereocenters. The third-order valence-electron chi connectivity index (χ3n) is 4.73. The normalized spacial score (nSPS) is 17.8. The first-order chi connectivity index (χ1) is 13.5. The highest BCUT2D eigenvalue weighted by Crippen LogP contribution is 2.45. The van der Waals surface area contributed by atoms with Crippen LogP contribution in [0.1, 0.15) is 12.8 Å². The molecule has 0 saturated carbocycles. The lowest BCUT2D eigenvalue weighted by Gasteiger charge is -2.39. The molecule has 0 aliphatic carbocycles. The maximum Gasteiger partial charge on any atom is 0.221 e.